The third-order valence-corrected chi connectivity index (χ3v) is 4.03. The molecule has 0 aliphatic carbocycles. The number of hydrogen-bond acceptors (Lipinski definition) is 5. The van der Waals surface area contributed by atoms with Gasteiger partial charge in [0.25, 0.3) is 0 Å². The second kappa shape index (κ2) is 6.81. The Hall–Kier alpha value is -1.74. The van der Waals surface area contributed by atoms with Crippen molar-refractivity contribution in [2.75, 3.05) is 5.75 Å². The lowest BCUT2D eigenvalue weighted by Crippen LogP contribution is -2.29. The number of aliphatic carboxylic acids is 1. The summed E-state index contributed by atoms with van der Waals surface area (Å²) in [5.74, 6) is -1.15. The molecule has 1 rings (SSSR count). The number of carboxylic acids is 1. The van der Waals surface area contributed by atoms with Crippen molar-refractivity contribution < 1.29 is 18.3 Å². The number of primary sulfonamides is 1. The van der Waals surface area contributed by atoms with E-state index in [4.69, 9.17) is 10.2 Å². The van der Waals surface area contributed by atoms with Crippen molar-refractivity contribution >= 4 is 16.0 Å². The fraction of sp³-hybridized carbons (Fsp3) is 0.583. The molecule has 1 heterocycles. The first-order valence-corrected chi connectivity index (χ1v) is 8.12. The van der Waals surface area contributed by atoms with Crippen molar-refractivity contribution in [2.45, 2.75) is 39.7 Å². The van der Waals surface area contributed by atoms with Gasteiger partial charge >= 0.3 is 11.7 Å². The smallest absolute Gasteiger partial charge is 0.347 e. The normalized spacial score (nSPS) is 11.6. The molecule has 0 aliphatic heterocycles. The van der Waals surface area contributed by atoms with E-state index >= 15 is 0 Å². The Kier molecular flexibility index (Phi) is 5.62. The lowest BCUT2D eigenvalue weighted by Gasteiger charge is -2.14. The van der Waals surface area contributed by atoms with Gasteiger partial charge in [0.2, 0.25) is 10.0 Å². The first kappa shape index (κ1) is 17.3. The molecule has 0 fully saturated rings. The van der Waals surface area contributed by atoms with E-state index in [0.29, 0.717) is 17.0 Å². The van der Waals surface area contributed by atoms with E-state index in [0.717, 1.165) is 0 Å². The molecule has 1 aromatic heterocycles. The van der Waals surface area contributed by atoms with E-state index in [9.17, 15) is 18.0 Å². The molecule has 118 valence electrons. The van der Waals surface area contributed by atoms with Gasteiger partial charge in [0.15, 0.2) is 0 Å². The molecule has 0 saturated heterocycles. The highest BCUT2D eigenvalue weighted by atomic mass is 32.2. The maximum atomic E-state index is 11.9. The van der Waals surface area contributed by atoms with E-state index in [1.807, 2.05) is 0 Å². The Bertz CT molecular complexity index is 694. The topological polar surface area (TPSA) is 132 Å². The van der Waals surface area contributed by atoms with Gasteiger partial charge in [-0.25, -0.2) is 18.4 Å². The van der Waals surface area contributed by atoms with Gasteiger partial charge in [0, 0.05) is 24.4 Å². The molecule has 9 heteroatoms. The van der Waals surface area contributed by atoms with Crippen LogP contribution in [0, 0.1) is 13.8 Å². The van der Waals surface area contributed by atoms with Crippen LogP contribution in [0.5, 0.6) is 0 Å². The molecule has 0 radical (unpaired) electrons. The van der Waals surface area contributed by atoms with E-state index in [-0.39, 0.29) is 31.6 Å². The molecule has 0 bridgehead atoms. The van der Waals surface area contributed by atoms with Crippen molar-refractivity contribution in [3.05, 3.63) is 27.4 Å². The molecule has 0 amide bonds. The Balaban J connectivity index is 3.01. The monoisotopic (exact) mass is 317 g/mol. The fourth-order valence-corrected chi connectivity index (χ4v) is 2.65. The molecular formula is C12H19N3O5S. The predicted molar refractivity (Wildman–Crippen MR) is 76.5 cm³/mol. The van der Waals surface area contributed by atoms with Gasteiger partial charge < -0.3 is 5.11 Å². The molecule has 0 spiro atoms. The van der Waals surface area contributed by atoms with Gasteiger partial charge in [-0.2, -0.15) is 4.98 Å². The molecule has 0 unspecified atom stereocenters. The number of aromatic nitrogens is 2. The van der Waals surface area contributed by atoms with Gasteiger partial charge in [-0.05, 0) is 32.3 Å². The summed E-state index contributed by atoms with van der Waals surface area (Å²) in [7, 11) is -3.57. The van der Waals surface area contributed by atoms with E-state index < -0.39 is 21.7 Å². The van der Waals surface area contributed by atoms with Crippen LogP contribution in [0.3, 0.4) is 0 Å². The third-order valence-electron chi connectivity index (χ3n) is 3.17. The quantitative estimate of drug-likeness (QED) is 0.700. The Morgan fingerprint density at radius 1 is 1.38 bits per heavy atom. The number of carboxylic acid groups (broad SMARTS) is 1. The van der Waals surface area contributed by atoms with Crippen LogP contribution in [0.4, 0.5) is 0 Å². The summed E-state index contributed by atoms with van der Waals surface area (Å²) in [6.45, 7) is 3.53. The van der Waals surface area contributed by atoms with Crippen molar-refractivity contribution in [1.82, 2.24) is 9.55 Å². The summed E-state index contributed by atoms with van der Waals surface area (Å²) in [5, 5.41) is 13.7. The maximum Gasteiger partial charge on any atom is 0.347 e. The summed E-state index contributed by atoms with van der Waals surface area (Å²) in [4.78, 5) is 26.4. The van der Waals surface area contributed by atoms with Crippen LogP contribution in [0.25, 0.3) is 0 Å². The Morgan fingerprint density at radius 2 is 2.00 bits per heavy atom. The highest BCUT2D eigenvalue weighted by molar-refractivity contribution is 7.89. The zero-order valence-corrected chi connectivity index (χ0v) is 12.8. The number of hydrogen-bond donors (Lipinski definition) is 2. The van der Waals surface area contributed by atoms with Gasteiger partial charge in [0.1, 0.15) is 0 Å². The predicted octanol–water partition coefficient (Wildman–Crippen LogP) is -0.444. The molecule has 0 aliphatic rings. The fourth-order valence-electron chi connectivity index (χ4n) is 2.12. The number of aryl methyl sites for hydroxylation is 1. The average molecular weight is 317 g/mol. The number of nitrogens with two attached hydrogens (primary N) is 1. The summed E-state index contributed by atoms with van der Waals surface area (Å²) in [6, 6.07) is 0. The van der Waals surface area contributed by atoms with E-state index in [1.165, 1.54) is 4.57 Å². The minimum absolute atomic E-state index is 0.0568. The maximum absolute atomic E-state index is 11.9. The van der Waals surface area contributed by atoms with Gasteiger partial charge in [-0.3, -0.25) is 9.36 Å². The summed E-state index contributed by atoms with van der Waals surface area (Å²) in [5.41, 5.74) is 1.34. The lowest BCUT2D eigenvalue weighted by atomic mass is 10.1. The van der Waals surface area contributed by atoms with Gasteiger partial charge in [0.05, 0.1) is 5.75 Å². The Morgan fingerprint density at radius 3 is 2.52 bits per heavy atom. The van der Waals surface area contributed by atoms with Gasteiger partial charge in [-0.15, -0.1) is 0 Å². The summed E-state index contributed by atoms with van der Waals surface area (Å²) >= 11 is 0. The largest absolute Gasteiger partial charge is 0.481 e. The van der Waals surface area contributed by atoms with Crippen LogP contribution in [0.2, 0.25) is 0 Å². The zero-order chi connectivity index (χ0) is 16.2. The zero-order valence-electron chi connectivity index (χ0n) is 12.0. The molecule has 0 saturated carbocycles. The summed E-state index contributed by atoms with van der Waals surface area (Å²) in [6.07, 6.45) is 0.414. The van der Waals surface area contributed by atoms with Gasteiger partial charge in [-0.1, -0.05) is 0 Å². The van der Waals surface area contributed by atoms with Crippen molar-refractivity contribution in [3.8, 4) is 0 Å². The molecule has 21 heavy (non-hydrogen) atoms. The van der Waals surface area contributed by atoms with E-state index in [2.05, 4.69) is 4.98 Å². The Labute approximate surface area is 122 Å². The number of carbonyl (C=O) groups is 1. The van der Waals surface area contributed by atoms with Crippen molar-refractivity contribution in [2.24, 2.45) is 5.14 Å². The second-order valence-electron chi connectivity index (χ2n) is 4.81. The average Bonchev–Trinajstić information content (AvgIpc) is 2.31. The molecule has 3 N–H and O–H groups in total. The van der Waals surface area contributed by atoms with Crippen LogP contribution < -0.4 is 10.8 Å². The molecule has 8 nitrogen and oxygen atoms in total. The SMILES string of the molecule is Cc1nc(=O)n(CCCS(N)(=O)=O)c(C)c1CCC(=O)O. The van der Waals surface area contributed by atoms with Crippen LogP contribution in [-0.2, 0) is 27.8 Å². The van der Waals surface area contributed by atoms with Crippen molar-refractivity contribution in [3.63, 3.8) is 0 Å². The van der Waals surface area contributed by atoms with Crippen LogP contribution in [0.1, 0.15) is 29.8 Å². The van der Waals surface area contributed by atoms with Crippen LogP contribution in [-0.4, -0.2) is 34.8 Å². The molecule has 1 aromatic rings. The first-order valence-electron chi connectivity index (χ1n) is 6.41. The third kappa shape index (κ3) is 5.27. The van der Waals surface area contributed by atoms with Crippen LogP contribution in [0.15, 0.2) is 4.79 Å². The molecular weight excluding hydrogens is 298 g/mol. The highest BCUT2D eigenvalue weighted by Gasteiger charge is 2.13. The first-order chi connectivity index (χ1) is 9.61. The van der Waals surface area contributed by atoms with Crippen LogP contribution >= 0.6 is 0 Å². The minimum Gasteiger partial charge on any atom is -0.481 e. The highest BCUT2D eigenvalue weighted by Crippen LogP contribution is 2.12. The summed E-state index contributed by atoms with van der Waals surface area (Å²) < 4.78 is 23.2. The number of rotatable bonds is 7. The molecule has 0 atom stereocenters. The number of nitrogens with zero attached hydrogens (tertiary/aromatic N) is 2. The minimum atomic E-state index is -3.57. The molecule has 0 aromatic carbocycles. The second-order valence-corrected chi connectivity index (χ2v) is 6.54. The van der Waals surface area contributed by atoms with E-state index in [1.54, 1.807) is 13.8 Å². The van der Waals surface area contributed by atoms with Crippen molar-refractivity contribution in [1.29, 1.82) is 0 Å². The lowest BCUT2D eigenvalue weighted by molar-refractivity contribution is -0.136. The standard InChI is InChI=1S/C12H19N3O5S/c1-8-10(4-5-11(16)17)9(2)15(12(18)14-8)6-3-7-21(13,19)20/h3-7H2,1-2H3,(H,16,17)(H2,13,19,20). The number of sulfonamides is 1.